The molecule has 0 aromatic carbocycles. The molecule has 0 aromatic rings. The van der Waals surface area contributed by atoms with Crippen molar-refractivity contribution in [3.63, 3.8) is 0 Å². The first-order valence-corrected chi connectivity index (χ1v) is 5.78. The predicted octanol–water partition coefficient (Wildman–Crippen LogP) is 2.24. The third-order valence-electron chi connectivity index (χ3n) is 2.95. The van der Waals surface area contributed by atoms with Gasteiger partial charge in [-0.25, -0.2) is 0 Å². The zero-order valence-corrected chi connectivity index (χ0v) is 9.30. The van der Waals surface area contributed by atoms with Gasteiger partial charge in [0.05, 0.1) is 6.61 Å². The fraction of sp³-hybridized carbons (Fsp3) is 0.818. The van der Waals surface area contributed by atoms with Crippen molar-refractivity contribution in [2.75, 3.05) is 26.3 Å². The first-order chi connectivity index (χ1) is 6.75. The van der Waals surface area contributed by atoms with Crippen LogP contribution >= 0.6 is 11.6 Å². The second kappa shape index (κ2) is 4.65. The Hall–Kier alpha value is -0.0500. The molecule has 0 amide bonds. The lowest BCUT2D eigenvalue weighted by Crippen LogP contribution is -2.32. The van der Waals surface area contributed by atoms with Crippen molar-refractivity contribution >= 4 is 11.6 Å². The predicted molar refractivity (Wildman–Crippen MR) is 58.5 cm³/mol. The summed E-state index contributed by atoms with van der Waals surface area (Å²) in [4.78, 5) is 2.47. The minimum absolute atomic E-state index is 0.714. The fourth-order valence-electron chi connectivity index (χ4n) is 2.06. The van der Waals surface area contributed by atoms with Crippen LogP contribution < -0.4 is 0 Å². The zero-order chi connectivity index (χ0) is 9.97. The van der Waals surface area contributed by atoms with Crippen LogP contribution in [0.1, 0.15) is 19.3 Å². The van der Waals surface area contributed by atoms with Gasteiger partial charge in [-0.1, -0.05) is 18.2 Å². The number of hydrogen-bond donors (Lipinski definition) is 0. The Bertz CT molecular complexity index is 209. The number of rotatable bonds is 5. The van der Waals surface area contributed by atoms with Crippen molar-refractivity contribution in [1.82, 2.24) is 4.90 Å². The summed E-state index contributed by atoms with van der Waals surface area (Å²) < 4.78 is 5.38. The highest BCUT2D eigenvalue weighted by Crippen LogP contribution is 2.29. The highest BCUT2D eigenvalue weighted by Gasteiger charge is 2.31. The van der Waals surface area contributed by atoms with Crippen molar-refractivity contribution in [1.29, 1.82) is 0 Å². The van der Waals surface area contributed by atoms with Crippen LogP contribution in [-0.2, 0) is 4.74 Å². The Morgan fingerprint density at radius 3 is 2.71 bits per heavy atom. The van der Waals surface area contributed by atoms with Crippen molar-refractivity contribution in [2.24, 2.45) is 5.92 Å². The lowest BCUT2D eigenvalue weighted by molar-refractivity contribution is 0.168. The van der Waals surface area contributed by atoms with E-state index in [-0.39, 0.29) is 0 Å². The van der Waals surface area contributed by atoms with E-state index in [4.69, 9.17) is 16.3 Å². The van der Waals surface area contributed by atoms with Crippen LogP contribution in [0.4, 0.5) is 0 Å². The van der Waals surface area contributed by atoms with E-state index in [1.54, 1.807) is 0 Å². The molecule has 1 heterocycles. The minimum atomic E-state index is 0.714. The van der Waals surface area contributed by atoms with Gasteiger partial charge in [-0.3, -0.25) is 4.90 Å². The Morgan fingerprint density at radius 2 is 2.21 bits per heavy atom. The quantitative estimate of drug-likeness (QED) is 0.698. The SMILES string of the molecule is C=C(Cl)CN(C[C@@H]1CCOC1)C1CC1. The summed E-state index contributed by atoms with van der Waals surface area (Å²) in [6.45, 7) is 7.62. The Balaban J connectivity index is 1.80. The molecule has 14 heavy (non-hydrogen) atoms. The van der Waals surface area contributed by atoms with E-state index in [0.29, 0.717) is 5.92 Å². The highest BCUT2D eigenvalue weighted by molar-refractivity contribution is 6.29. The van der Waals surface area contributed by atoms with E-state index >= 15 is 0 Å². The standard InChI is InChI=1S/C11H18ClNO/c1-9(12)6-13(11-2-3-11)7-10-4-5-14-8-10/h10-11H,1-8H2/t10-/m0/s1. The monoisotopic (exact) mass is 215 g/mol. The zero-order valence-electron chi connectivity index (χ0n) is 8.54. The van der Waals surface area contributed by atoms with E-state index < -0.39 is 0 Å². The summed E-state index contributed by atoms with van der Waals surface area (Å²) in [5.41, 5.74) is 0. The fourth-order valence-corrected chi connectivity index (χ4v) is 2.22. The second-order valence-electron chi connectivity index (χ2n) is 4.41. The maximum absolute atomic E-state index is 5.86. The van der Waals surface area contributed by atoms with Crippen molar-refractivity contribution in [3.8, 4) is 0 Å². The van der Waals surface area contributed by atoms with Gasteiger partial charge in [-0.05, 0) is 25.2 Å². The van der Waals surface area contributed by atoms with Gasteiger partial charge in [0.15, 0.2) is 0 Å². The number of halogens is 1. The normalized spacial score (nSPS) is 27.1. The van der Waals surface area contributed by atoms with Gasteiger partial charge in [-0.15, -0.1) is 0 Å². The molecule has 1 aliphatic carbocycles. The summed E-state index contributed by atoms with van der Waals surface area (Å²) in [5, 5.41) is 0.760. The molecule has 0 radical (unpaired) electrons. The summed E-state index contributed by atoms with van der Waals surface area (Å²) in [6.07, 6.45) is 3.87. The number of hydrogen-bond acceptors (Lipinski definition) is 2. The maximum atomic E-state index is 5.86. The van der Waals surface area contributed by atoms with Crippen molar-refractivity contribution < 1.29 is 4.74 Å². The lowest BCUT2D eigenvalue weighted by Gasteiger charge is -2.24. The average Bonchev–Trinajstić information content (AvgIpc) is 2.85. The molecule has 2 nitrogen and oxygen atoms in total. The Morgan fingerprint density at radius 1 is 1.43 bits per heavy atom. The average molecular weight is 216 g/mol. The van der Waals surface area contributed by atoms with E-state index in [1.165, 1.54) is 19.3 Å². The molecule has 3 heteroatoms. The molecule has 2 fully saturated rings. The van der Waals surface area contributed by atoms with Crippen LogP contribution in [0.3, 0.4) is 0 Å². The topological polar surface area (TPSA) is 12.5 Å². The molecule has 0 N–H and O–H groups in total. The van der Waals surface area contributed by atoms with Gasteiger partial charge in [0, 0.05) is 30.8 Å². The minimum Gasteiger partial charge on any atom is -0.381 e. The van der Waals surface area contributed by atoms with Crippen LogP contribution in [0.25, 0.3) is 0 Å². The van der Waals surface area contributed by atoms with Gasteiger partial charge in [0.25, 0.3) is 0 Å². The number of nitrogens with zero attached hydrogens (tertiary/aromatic N) is 1. The molecule has 1 saturated carbocycles. The first-order valence-electron chi connectivity index (χ1n) is 5.41. The molecular formula is C11H18ClNO. The van der Waals surface area contributed by atoms with Gasteiger partial charge < -0.3 is 4.74 Å². The van der Waals surface area contributed by atoms with Crippen LogP contribution in [0, 0.1) is 5.92 Å². The molecule has 0 bridgehead atoms. The Labute approximate surface area is 90.9 Å². The third-order valence-corrected chi connectivity index (χ3v) is 3.07. The van der Waals surface area contributed by atoms with E-state index in [2.05, 4.69) is 11.5 Å². The van der Waals surface area contributed by atoms with E-state index in [1.807, 2.05) is 0 Å². The smallest absolute Gasteiger partial charge is 0.0507 e. The molecule has 2 aliphatic rings. The molecule has 80 valence electrons. The second-order valence-corrected chi connectivity index (χ2v) is 4.94. The van der Waals surface area contributed by atoms with E-state index in [0.717, 1.165) is 37.4 Å². The van der Waals surface area contributed by atoms with Gasteiger partial charge in [0.1, 0.15) is 0 Å². The van der Waals surface area contributed by atoms with Crippen LogP contribution in [0.2, 0.25) is 0 Å². The summed E-state index contributed by atoms with van der Waals surface area (Å²) in [7, 11) is 0. The van der Waals surface area contributed by atoms with Crippen LogP contribution in [0.15, 0.2) is 11.6 Å². The first kappa shape index (κ1) is 10.5. The molecule has 1 saturated heterocycles. The van der Waals surface area contributed by atoms with E-state index in [9.17, 15) is 0 Å². The molecule has 1 atom stereocenters. The third kappa shape index (κ3) is 2.97. The van der Waals surface area contributed by atoms with Crippen LogP contribution in [0.5, 0.6) is 0 Å². The van der Waals surface area contributed by atoms with Gasteiger partial charge in [-0.2, -0.15) is 0 Å². The lowest BCUT2D eigenvalue weighted by atomic mass is 10.1. The summed E-state index contributed by atoms with van der Waals surface area (Å²) in [6, 6.07) is 0.770. The molecular weight excluding hydrogens is 198 g/mol. The molecule has 2 rings (SSSR count). The van der Waals surface area contributed by atoms with Crippen LogP contribution in [-0.4, -0.2) is 37.2 Å². The maximum Gasteiger partial charge on any atom is 0.0507 e. The molecule has 1 aliphatic heterocycles. The van der Waals surface area contributed by atoms with Crippen molar-refractivity contribution in [3.05, 3.63) is 11.6 Å². The van der Waals surface area contributed by atoms with Crippen molar-refractivity contribution in [2.45, 2.75) is 25.3 Å². The van der Waals surface area contributed by atoms with Gasteiger partial charge in [0.2, 0.25) is 0 Å². The Kier molecular flexibility index (Phi) is 3.47. The summed E-state index contributed by atoms with van der Waals surface area (Å²) in [5.74, 6) is 0.714. The van der Waals surface area contributed by atoms with Gasteiger partial charge >= 0.3 is 0 Å². The molecule has 0 spiro atoms. The number of ether oxygens (including phenoxy) is 1. The highest BCUT2D eigenvalue weighted by atomic mass is 35.5. The molecule has 0 aromatic heterocycles. The largest absolute Gasteiger partial charge is 0.381 e. The summed E-state index contributed by atoms with van der Waals surface area (Å²) >= 11 is 5.86. The molecule has 0 unspecified atom stereocenters.